The van der Waals surface area contributed by atoms with Crippen LogP contribution < -0.4 is 0 Å². The first-order valence-electron chi connectivity index (χ1n) is 8.80. The highest BCUT2D eigenvalue weighted by Crippen LogP contribution is 2.42. The molecule has 0 amide bonds. The topological polar surface area (TPSA) is 132 Å². The van der Waals surface area contributed by atoms with Gasteiger partial charge in [0.2, 0.25) is 0 Å². The van der Waals surface area contributed by atoms with Gasteiger partial charge >= 0.3 is 0 Å². The molecule has 2 heterocycles. The predicted molar refractivity (Wildman–Crippen MR) is 107 cm³/mol. The number of nitrogens with zero attached hydrogens (tertiary/aromatic N) is 5. The summed E-state index contributed by atoms with van der Waals surface area (Å²) in [5.74, 6) is -1.15. The number of fused-ring (bicyclic) bond motifs is 1. The van der Waals surface area contributed by atoms with Crippen LogP contribution in [0.1, 0.15) is 24.0 Å². The Balaban J connectivity index is 1.94. The van der Waals surface area contributed by atoms with Crippen molar-refractivity contribution in [2.75, 3.05) is 0 Å². The largest absolute Gasteiger partial charge is 0.278 e. The lowest BCUT2D eigenvalue weighted by Gasteiger charge is -2.28. The maximum Gasteiger partial charge on any atom is 0.270 e. The number of non-ortho nitro benzene ring substituents is 1. The molecule has 0 radical (unpaired) electrons. The Morgan fingerprint density at radius 3 is 2.76 bits per heavy atom. The van der Waals surface area contributed by atoms with Gasteiger partial charge in [-0.3, -0.25) is 20.2 Å². The zero-order chi connectivity index (χ0) is 20.5. The van der Waals surface area contributed by atoms with Crippen LogP contribution in [0.4, 0.5) is 5.69 Å². The molecular formula is C21H14N6O2. The van der Waals surface area contributed by atoms with Gasteiger partial charge in [0.05, 0.1) is 46.0 Å². The lowest BCUT2D eigenvalue weighted by Crippen LogP contribution is -2.25. The number of nitrogens with one attached hydrogen (secondary N) is 1. The fourth-order valence-corrected chi connectivity index (χ4v) is 3.65. The number of nitro groups is 1. The molecule has 0 saturated heterocycles. The number of aromatic amines is 1. The number of benzene rings is 2. The van der Waals surface area contributed by atoms with Crippen LogP contribution in [0.25, 0.3) is 16.6 Å². The fourth-order valence-electron chi connectivity index (χ4n) is 3.65. The van der Waals surface area contributed by atoms with E-state index < -0.39 is 16.8 Å². The minimum Gasteiger partial charge on any atom is -0.278 e. The Morgan fingerprint density at radius 2 is 2.03 bits per heavy atom. The average molecular weight is 382 g/mol. The van der Waals surface area contributed by atoms with Crippen LogP contribution >= 0.6 is 0 Å². The van der Waals surface area contributed by atoms with Crippen LogP contribution in [0.3, 0.4) is 0 Å². The molecule has 0 aliphatic carbocycles. The Bertz CT molecular complexity index is 1290. The normalized spacial score (nSPS) is 18.8. The number of aliphatic imine (C=N–C) groups is 1. The summed E-state index contributed by atoms with van der Waals surface area (Å²) >= 11 is 0. The highest BCUT2D eigenvalue weighted by Gasteiger charge is 2.35. The molecule has 8 nitrogen and oxygen atoms in total. The van der Waals surface area contributed by atoms with Crippen molar-refractivity contribution in [2.45, 2.75) is 12.8 Å². The highest BCUT2D eigenvalue weighted by atomic mass is 16.6. The SMILES string of the molecule is CC1=NC(c2cccc([N+](=O)[O-])c2)=C(C#N)C(c2ccc3[nH]ncc3c2)C1C#N. The monoisotopic (exact) mass is 382 g/mol. The van der Waals surface area contributed by atoms with E-state index in [1.54, 1.807) is 25.3 Å². The van der Waals surface area contributed by atoms with Crippen LogP contribution in [0.5, 0.6) is 0 Å². The van der Waals surface area contributed by atoms with Crippen molar-refractivity contribution in [1.82, 2.24) is 10.2 Å². The second kappa shape index (κ2) is 7.02. The molecule has 0 fully saturated rings. The van der Waals surface area contributed by atoms with E-state index in [1.807, 2.05) is 18.2 Å². The van der Waals surface area contributed by atoms with Gasteiger partial charge in [-0.2, -0.15) is 15.6 Å². The van der Waals surface area contributed by atoms with E-state index in [4.69, 9.17) is 0 Å². The number of nitro benzene ring substituents is 1. The van der Waals surface area contributed by atoms with Crippen molar-refractivity contribution in [3.8, 4) is 12.1 Å². The number of hydrogen-bond acceptors (Lipinski definition) is 6. The van der Waals surface area contributed by atoms with Crippen LogP contribution in [-0.2, 0) is 0 Å². The number of allylic oxidation sites excluding steroid dienone is 1. The molecule has 1 N–H and O–H groups in total. The second-order valence-electron chi connectivity index (χ2n) is 6.74. The predicted octanol–water partition coefficient (Wildman–Crippen LogP) is 4.10. The van der Waals surface area contributed by atoms with Gasteiger partial charge in [0, 0.05) is 34.7 Å². The Hall–Kier alpha value is -4.30. The molecule has 1 aliphatic heterocycles. The van der Waals surface area contributed by atoms with Gasteiger partial charge in [-0.25, -0.2) is 0 Å². The molecule has 140 valence electrons. The Morgan fingerprint density at radius 1 is 1.21 bits per heavy atom. The van der Waals surface area contributed by atoms with E-state index in [-0.39, 0.29) is 5.69 Å². The Kier molecular flexibility index (Phi) is 4.38. The molecule has 3 aromatic rings. The van der Waals surface area contributed by atoms with E-state index in [0.717, 1.165) is 16.5 Å². The minimum absolute atomic E-state index is 0.0843. The van der Waals surface area contributed by atoms with Gasteiger partial charge < -0.3 is 0 Å². The van der Waals surface area contributed by atoms with Crippen molar-refractivity contribution in [3.05, 3.63) is 75.5 Å². The second-order valence-corrected chi connectivity index (χ2v) is 6.74. The first-order valence-corrected chi connectivity index (χ1v) is 8.80. The molecule has 2 atom stereocenters. The van der Waals surface area contributed by atoms with Crippen molar-refractivity contribution in [1.29, 1.82) is 10.5 Å². The summed E-state index contributed by atoms with van der Waals surface area (Å²) in [7, 11) is 0. The van der Waals surface area contributed by atoms with Crippen molar-refractivity contribution < 1.29 is 4.92 Å². The minimum atomic E-state index is -0.614. The molecule has 0 spiro atoms. The first-order chi connectivity index (χ1) is 14.0. The third-order valence-electron chi connectivity index (χ3n) is 5.05. The third kappa shape index (κ3) is 3.03. The molecule has 8 heteroatoms. The summed E-state index contributed by atoms with van der Waals surface area (Å²) in [6.45, 7) is 1.74. The smallest absolute Gasteiger partial charge is 0.270 e. The van der Waals surface area contributed by atoms with Crippen molar-refractivity contribution >= 4 is 28.0 Å². The van der Waals surface area contributed by atoms with Crippen LogP contribution in [-0.4, -0.2) is 20.8 Å². The molecule has 2 aromatic carbocycles. The number of aromatic nitrogens is 2. The first kappa shape index (κ1) is 18.1. The zero-order valence-corrected chi connectivity index (χ0v) is 15.3. The summed E-state index contributed by atoms with van der Waals surface area (Å²) in [6, 6.07) is 16.1. The fraction of sp³-hybridized carbons (Fsp3) is 0.143. The number of rotatable bonds is 3. The lowest BCUT2D eigenvalue weighted by atomic mass is 9.76. The molecular weight excluding hydrogens is 368 g/mol. The van der Waals surface area contributed by atoms with Crippen LogP contribution in [0, 0.1) is 38.7 Å². The summed E-state index contributed by atoms with van der Waals surface area (Å²) in [5.41, 5.74) is 3.26. The quantitative estimate of drug-likeness (QED) is 0.538. The molecule has 2 unspecified atom stereocenters. The maximum atomic E-state index is 11.2. The molecule has 29 heavy (non-hydrogen) atoms. The van der Waals surface area contributed by atoms with Crippen LogP contribution in [0.15, 0.2) is 59.2 Å². The van der Waals surface area contributed by atoms with Gasteiger partial charge in [-0.1, -0.05) is 18.2 Å². The van der Waals surface area contributed by atoms with Gasteiger partial charge in [0.15, 0.2) is 0 Å². The molecule has 0 bridgehead atoms. The van der Waals surface area contributed by atoms with Gasteiger partial charge in [0.1, 0.15) is 0 Å². The summed E-state index contributed by atoms with van der Waals surface area (Å²) in [5, 5.41) is 38.7. The Labute approximate surface area is 165 Å². The highest BCUT2D eigenvalue weighted by molar-refractivity contribution is 5.97. The summed E-state index contributed by atoms with van der Waals surface area (Å²) in [6.07, 6.45) is 1.68. The van der Waals surface area contributed by atoms with Gasteiger partial charge in [-0.15, -0.1) is 0 Å². The van der Waals surface area contributed by atoms with Crippen molar-refractivity contribution in [2.24, 2.45) is 10.9 Å². The van der Waals surface area contributed by atoms with Crippen molar-refractivity contribution in [3.63, 3.8) is 0 Å². The maximum absolute atomic E-state index is 11.2. The molecule has 4 rings (SSSR count). The van der Waals surface area contributed by atoms with Crippen LogP contribution in [0.2, 0.25) is 0 Å². The average Bonchev–Trinajstić information content (AvgIpc) is 3.20. The van der Waals surface area contributed by atoms with E-state index in [0.29, 0.717) is 22.5 Å². The van der Waals surface area contributed by atoms with E-state index in [2.05, 4.69) is 27.3 Å². The van der Waals surface area contributed by atoms with E-state index in [1.165, 1.54) is 12.1 Å². The van der Waals surface area contributed by atoms with Gasteiger partial charge in [0.25, 0.3) is 5.69 Å². The number of H-pyrrole nitrogens is 1. The molecule has 1 aliphatic rings. The zero-order valence-electron chi connectivity index (χ0n) is 15.3. The number of hydrogen-bond donors (Lipinski definition) is 1. The van der Waals surface area contributed by atoms with Gasteiger partial charge in [-0.05, 0) is 24.6 Å². The summed E-state index contributed by atoms with van der Waals surface area (Å²) < 4.78 is 0. The van der Waals surface area contributed by atoms with E-state index >= 15 is 0 Å². The summed E-state index contributed by atoms with van der Waals surface area (Å²) in [4.78, 5) is 15.2. The lowest BCUT2D eigenvalue weighted by molar-refractivity contribution is -0.384. The van der Waals surface area contributed by atoms with E-state index in [9.17, 15) is 20.6 Å². The standard InChI is InChI=1S/C21H14N6O2/c1-12-17(9-22)20(13-5-6-19-15(7-13)11-24-26-19)18(10-23)21(25-12)14-3-2-4-16(8-14)27(28)29/h2-8,11,17,20H,1H3,(H,24,26). The molecule has 1 aromatic heterocycles. The third-order valence-corrected chi connectivity index (χ3v) is 5.05. The number of nitriles is 2. The molecule has 0 saturated carbocycles.